The van der Waals surface area contributed by atoms with E-state index in [0.717, 1.165) is 30.1 Å². The molecule has 94 valence electrons. The lowest BCUT2D eigenvalue weighted by atomic mass is 10.0. The van der Waals surface area contributed by atoms with Gasteiger partial charge in [0, 0.05) is 24.4 Å². The van der Waals surface area contributed by atoms with E-state index in [-0.39, 0.29) is 11.8 Å². The third kappa shape index (κ3) is 3.26. The zero-order valence-corrected chi connectivity index (χ0v) is 11.1. The molecule has 1 fully saturated rings. The van der Waals surface area contributed by atoms with Crippen LogP contribution in [0.25, 0.3) is 0 Å². The molecule has 0 bridgehead atoms. The van der Waals surface area contributed by atoms with Crippen LogP contribution in [0.1, 0.15) is 24.0 Å². The first kappa shape index (κ1) is 12.5. The van der Waals surface area contributed by atoms with Gasteiger partial charge < -0.3 is 10.6 Å². The van der Waals surface area contributed by atoms with E-state index in [1.54, 1.807) is 11.3 Å². The van der Waals surface area contributed by atoms with Crippen molar-refractivity contribution in [1.29, 1.82) is 0 Å². The molecule has 2 atom stereocenters. The van der Waals surface area contributed by atoms with Crippen LogP contribution in [0, 0.1) is 12.8 Å². The van der Waals surface area contributed by atoms with Gasteiger partial charge in [-0.15, -0.1) is 11.3 Å². The fraction of sp³-hybridized carbons (Fsp3) is 0.667. The van der Waals surface area contributed by atoms with Crippen LogP contribution in [0.4, 0.5) is 0 Å². The van der Waals surface area contributed by atoms with Crippen LogP contribution in [0.2, 0.25) is 0 Å². The van der Waals surface area contributed by atoms with Crippen molar-refractivity contribution in [2.45, 2.75) is 32.7 Å². The van der Waals surface area contributed by atoms with Gasteiger partial charge >= 0.3 is 0 Å². The predicted octanol–water partition coefficient (Wildman–Crippen LogP) is 1.11. The highest BCUT2D eigenvalue weighted by atomic mass is 32.1. The second kappa shape index (κ2) is 5.60. The zero-order valence-electron chi connectivity index (χ0n) is 10.3. The Kier molecular flexibility index (Phi) is 4.12. The molecule has 1 aromatic heterocycles. The van der Waals surface area contributed by atoms with Crippen LogP contribution in [0.3, 0.4) is 0 Å². The standard InChI is InChI=1S/C12H19N3OS/c1-8-11(4-6-13-8)12(16)14-5-3-10-7-17-9(2)15-10/h7-8,11,13H,3-6H2,1-2H3,(H,14,16). The van der Waals surface area contributed by atoms with Crippen LogP contribution >= 0.6 is 11.3 Å². The summed E-state index contributed by atoms with van der Waals surface area (Å²) in [4.78, 5) is 16.3. The van der Waals surface area contributed by atoms with Crippen LogP contribution in [0.15, 0.2) is 5.38 Å². The highest BCUT2D eigenvalue weighted by Crippen LogP contribution is 2.15. The van der Waals surface area contributed by atoms with Gasteiger partial charge in [0.25, 0.3) is 0 Å². The molecule has 17 heavy (non-hydrogen) atoms. The summed E-state index contributed by atoms with van der Waals surface area (Å²) in [5, 5.41) is 9.43. The van der Waals surface area contributed by atoms with Crippen molar-refractivity contribution >= 4 is 17.2 Å². The van der Waals surface area contributed by atoms with Crippen LogP contribution in [-0.4, -0.2) is 30.0 Å². The number of rotatable bonds is 4. The number of carbonyl (C=O) groups is 1. The molecule has 2 rings (SSSR count). The van der Waals surface area contributed by atoms with Gasteiger partial charge in [0.2, 0.25) is 5.91 Å². The Morgan fingerprint density at radius 3 is 3.12 bits per heavy atom. The summed E-state index contributed by atoms with van der Waals surface area (Å²) in [5.74, 6) is 0.307. The summed E-state index contributed by atoms with van der Waals surface area (Å²) >= 11 is 1.66. The number of aryl methyl sites for hydroxylation is 1. The largest absolute Gasteiger partial charge is 0.355 e. The predicted molar refractivity (Wildman–Crippen MR) is 69.1 cm³/mol. The van der Waals surface area contributed by atoms with Gasteiger partial charge in [-0.2, -0.15) is 0 Å². The number of nitrogens with one attached hydrogen (secondary N) is 2. The highest BCUT2D eigenvalue weighted by Gasteiger charge is 2.28. The van der Waals surface area contributed by atoms with Gasteiger partial charge in [-0.05, 0) is 26.8 Å². The molecular formula is C12H19N3OS. The molecule has 0 spiro atoms. The fourth-order valence-electron chi connectivity index (χ4n) is 2.18. The topological polar surface area (TPSA) is 54.0 Å². The Bertz CT molecular complexity index is 391. The number of carbonyl (C=O) groups excluding carboxylic acids is 1. The SMILES string of the molecule is Cc1nc(CCNC(=O)C2CCNC2C)cs1. The summed E-state index contributed by atoms with van der Waals surface area (Å²) in [6.07, 6.45) is 1.77. The molecule has 2 unspecified atom stereocenters. The van der Waals surface area contributed by atoms with E-state index in [9.17, 15) is 4.79 Å². The maximum atomic E-state index is 11.9. The molecule has 0 radical (unpaired) electrons. The third-order valence-corrected chi connectivity index (χ3v) is 4.03. The first-order chi connectivity index (χ1) is 8.16. The van der Waals surface area contributed by atoms with Gasteiger partial charge in [0.05, 0.1) is 16.6 Å². The molecule has 2 N–H and O–H groups in total. The van der Waals surface area contributed by atoms with E-state index >= 15 is 0 Å². The molecule has 1 aliphatic heterocycles. The lowest BCUT2D eigenvalue weighted by Crippen LogP contribution is -2.37. The molecule has 1 aromatic rings. The Morgan fingerprint density at radius 1 is 1.71 bits per heavy atom. The van der Waals surface area contributed by atoms with E-state index in [1.165, 1.54) is 0 Å². The van der Waals surface area contributed by atoms with E-state index in [4.69, 9.17) is 0 Å². The molecule has 1 amide bonds. The smallest absolute Gasteiger partial charge is 0.224 e. The summed E-state index contributed by atoms with van der Waals surface area (Å²) in [7, 11) is 0. The summed E-state index contributed by atoms with van der Waals surface area (Å²) in [6.45, 7) is 5.70. The van der Waals surface area contributed by atoms with Gasteiger partial charge in [-0.25, -0.2) is 4.98 Å². The van der Waals surface area contributed by atoms with Gasteiger partial charge in [0.15, 0.2) is 0 Å². The average Bonchev–Trinajstić information content (AvgIpc) is 2.87. The summed E-state index contributed by atoms with van der Waals surface area (Å²) in [6, 6.07) is 0.302. The summed E-state index contributed by atoms with van der Waals surface area (Å²) < 4.78 is 0. The number of thiazole rings is 1. The molecule has 0 aliphatic carbocycles. The minimum absolute atomic E-state index is 0.132. The van der Waals surface area contributed by atoms with Gasteiger partial charge in [-0.1, -0.05) is 0 Å². The maximum Gasteiger partial charge on any atom is 0.224 e. The van der Waals surface area contributed by atoms with E-state index in [0.29, 0.717) is 12.6 Å². The molecular weight excluding hydrogens is 234 g/mol. The van der Waals surface area contributed by atoms with E-state index in [1.807, 2.05) is 6.92 Å². The van der Waals surface area contributed by atoms with E-state index in [2.05, 4.69) is 27.9 Å². The molecule has 1 aliphatic rings. The minimum Gasteiger partial charge on any atom is -0.355 e. The quantitative estimate of drug-likeness (QED) is 0.845. The maximum absolute atomic E-state index is 11.9. The summed E-state index contributed by atoms with van der Waals surface area (Å²) in [5.41, 5.74) is 1.07. The van der Waals surface area contributed by atoms with Crippen LogP contribution in [-0.2, 0) is 11.2 Å². The van der Waals surface area contributed by atoms with Crippen molar-refractivity contribution in [2.75, 3.05) is 13.1 Å². The molecule has 0 saturated carbocycles. The highest BCUT2D eigenvalue weighted by molar-refractivity contribution is 7.09. The Morgan fingerprint density at radius 2 is 2.53 bits per heavy atom. The first-order valence-electron chi connectivity index (χ1n) is 6.09. The lowest BCUT2D eigenvalue weighted by Gasteiger charge is -2.14. The van der Waals surface area contributed by atoms with Crippen LogP contribution < -0.4 is 10.6 Å². The second-order valence-corrected chi connectivity index (χ2v) is 5.60. The van der Waals surface area contributed by atoms with Crippen LogP contribution in [0.5, 0.6) is 0 Å². The number of hydrogen-bond acceptors (Lipinski definition) is 4. The third-order valence-electron chi connectivity index (χ3n) is 3.21. The number of aromatic nitrogens is 1. The number of nitrogens with zero attached hydrogens (tertiary/aromatic N) is 1. The van der Waals surface area contributed by atoms with E-state index < -0.39 is 0 Å². The van der Waals surface area contributed by atoms with Crippen molar-refractivity contribution in [2.24, 2.45) is 5.92 Å². The Hall–Kier alpha value is -0.940. The molecule has 5 heteroatoms. The van der Waals surface area contributed by atoms with Crippen molar-refractivity contribution in [1.82, 2.24) is 15.6 Å². The number of hydrogen-bond donors (Lipinski definition) is 2. The normalized spacial score (nSPS) is 23.9. The average molecular weight is 253 g/mol. The second-order valence-electron chi connectivity index (χ2n) is 4.54. The molecule has 1 saturated heterocycles. The van der Waals surface area contributed by atoms with Crippen molar-refractivity contribution in [3.8, 4) is 0 Å². The number of amides is 1. The first-order valence-corrected chi connectivity index (χ1v) is 6.97. The molecule has 2 heterocycles. The minimum atomic E-state index is 0.132. The molecule has 0 aromatic carbocycles. The Labute approximate surface area is 106 Å². The Balaban J connectivity index is 1.73. The zero-order chi connectivity index (χ0) is 12.3. The van der Waals surface area contributed by atoms with Crippen molar-refractivity contribution < 1.29 is 4.79 Å². The fourth-order valence-corrected chi connectivity index (χ4v) is 2.83. The van der Waals surface area contributed by atoms with Gasteiger partial charge in [0.1, 0.15) is 0 Å². The lowest BCUT2D eigenvalue weighted by molar-refractivity contribution is -0.125. The molecule has 4 nitrogen and oxygen atoms in total. The van der Waals surface area contributed by atoms with Gasteiger partial charge in [-0.3, -0.25) is 4.79 Å². The monoisotopic (exact) mass is 253 g/mol. The van der Waals surface area contributed by atoms with Crippen molar-refractivity contribution in [3.63, 3.8) is 0 Å². The van der Waals surface area contributed by atoms with Crippen molar-refractivity contribution in [3.05, 3.63) is 16.1 Å².